The molecular formula is C18H25FN2O2. The van der Waals surface area contributed by atoms with E-state index in [1.165, 1.54) is 6.07 Å². The van der Waals surface area contributed by atoms with Gasteiger partial charge in [0.2, 0.25) is 5.91 Å². The molecule has 0 radical (unpaired) electrons. The van der Waals surface area contributed by atoms with Gasteiger partial charge < -0.3 is 10.2 Å². The maximum atomic E-state index is 13.7. The van der Waals surface area contributed by atoms with Gasteiger partial charge in [0, 0.05) is 31.1 Å². The average Bonchev–Trinajstić information content (AvgIpc) is 2.54. The van der Waals surface area contributed by atoms with Gasteiger partial charge in [0.15, 0.2) is 0 Å². The molecule has 0 bridgehead atoms. The second-order valence-electron chi connectivity index (χ2n) is 6.62. The molecule has 126 valence electrons. The minimum absolute atomic E-state index is 0.0353. The molecule has 2 rings (SSSR count). The van der Waals surface area contributed by atoms with Crippen molar-refractivity contribution in [1.82, 2.24) is 10.2 Å². The number of likely N-dealkylation sites (tertiary alicyclic amines) is 1. The smallest absolute Gasteiger partial charge is 0.253 e. The number of hydrogen-bond donors (Lipinski definition) is 1. The summed E-state index contributed by atoms with van der Waals surface area (Å²) in [6.07, 6.45) is 1.90. The van der Waals surface area contributed by atoms with Crippen LogP contribution in [0.5, 0.6) is 0 Å². The molecular weight excluding hydrogens is 295 g/mol. The molecule has 2 amide bonds. The molecule has 23 heavy (non-hydrogen) atoms. The first-order chi connectivity index (χ1) is 10.9. The summed E-state index contributed by atoms with van der Waals surface area (Å²) in [6.45, 7) is 7.27. The van der Waals surface area contributed by atoms with E-state index in [1.54, 1.807) is 24.0 Å². The van der Waals surface area contributed by atoms with Crippen molar-refractivity contribution < 1.29 is 14.0 Å². The molecule has 1 aromatic rings. The lowest BCUT2D eigenvalue weighted by Gasteiger charge is -2.33. The maximum absolute atomic E-state index is 13.7. The normalized spacial score (nSPS) is 18.1. The number of benzene rings is 1. The van der Waals surface area contributed by atoms with Gasteiger partial charge in [0.25, 0.3) is 5.91 Å². The number of nitrogens with one attached hydrogen (secondary N) is 1. The van der Waals surface area contributed by atoms with Crippen molar-refractivity contribution in [1.29, 1.82) is 0 Å². The molecule has 0 aliphatic carbocycles. The van der Waals surface area contributed by atoms with Crippen LogP contribution in [-0.2, 0) is 4.79 Å². The van der Waals surface area contributed by atoms with Gasteiger partial charge in [-0.15, -0.1) is 0 Å². The minimum atomic E-state index is -0.353. The van der Waals surface area contributed by atoms with Gasteiger partial charge in [-0.2, -0.15) is 0 Å². The second-order valence-corrected chi connectivity index (χ2v) is 6.62. The Morgan fingerprint density at radius 3 is 2.78 bits per heavy atom. The Morgan fingerprint density at radius 2 is 2.13 bits per heavy atom. The summed E-state index contributed by atoms with van der Waals surface area (Å²) in [4.78, 5) is 25.9. The van der Waals surface area contributed by atoms with Crippen LogP contribution in [0, 0.1) is 24.6 Å². The van der Waals surface area contributed by atoms with E-state index in [2.05, 4.69) is 5.32 Å². The summed E-state index contributed by atoms with van der Waals surface area (Å²) in [5.74, 6) is -0.232. The lowest BCUT2D eigenvalue weighted by Crippen LogP contribution is -2.44. The van der Waals surface area contributed by atoms with Crippen molar-refractivity contribution in [3.05, 3.63) is 35.1 Å². The Hall–Kier alpha value is -1.91. The number of amides is 2. The SMILES string of the molecule is Cc1ccc(C(=O)N2CCC[C@H](CNC(=O)C(C)C)C2)cc1F. The van der Waals surface area contributed by atoms with Gasteiger partial charge >= 0.3 is 0 Å². The molecule has 0 aromatic heterocycles. The van der Waals surface area contributed by atoms with E-state index in [0.717, 1.165) is 12.8 Å². The number of piperidine rings is 1. The molecule has 1 heterocycles. The Morgan fingerprint density at radius 1 is 1.39 bits per heavy atom. The third kappa shape index (κ3) is 4.53. The molecule has 1 atom stereocenters. The molecule has 1 aromatic carbocycles. The third-order valence-corrected chi connectivity index (χ3v) is 4.31. The molecule has 0 saturated carbocycles. The van der Waals surface area contributed by atoms with Crippen LogP contribution in [-0.4, -0.2) is 36.3 Å². The summed E-state index contributed by atoms with van der Waals surface area (Å²) in [5.41, 5.74) is 0.925. The molecule has 0 spiro atoms. The summed E-state index contributed by atoms with van der Waals surface area (Å²) < 4.78 is 13.7. The van der Waals surface area contributed by atoms with E-state index in [-0.39, 0.29) is 29.5 Å². The van der Waals surface area contributed by atoms with Crippen molar-refractivity contribution in [2.24, 2.45) is 11.8 Å². The molecule has 1 saturated heterocycles. The molecule has 1 aliphatic rings. The topological polar surface area (TPSA) is 49.4 Å². The second kappa shape index (κ2) is 7.57. The van der Waals surface area contributed by atoms with Crippen LogP contribution in [0.2, 0.25) is 0 Å². The van der Waals surface area contributed by atoms with Crippen molar-refractivity contribution >= 4 is 11.8 Å². The molecule has 1 N–H and O–H groups in total. The van der Waals surface area contributed by atoms with Crippen molar-refractivity contribution in [2.75, 3.05) is 19.6 Å². The number of nitrogens with zero attached hydrogens (tertiary/aromatic N) is 1. The first kappa shape index (κ1) is 17.4. The zero-order valence-corrected chi connectivity index (χ0v) is 14.1. The lowest BCUT2D eigenvalue weighted by atomic mass is 9.97. The first-order valence-corrected chi connectivity index (χ1v) is 8.21. The summed E-state index contributed by atoms with van der Waals surface area (Å²) >= 11 is 0. The Bertz CT molecular complexity index is 586. The van der Waals surface area contributed by atoms with Gasteiger partial charge in [0.1, 0.15) is 5.82 Å². The van der Waals surface area contributed by atoms with Gasteiger partial charge in [-0.05, 0) is 43.4 Å². The van der Waals surface area contributed by atoms with E-state index in [9.17, 15) is 14.0 Å². The van der Waals surface area contributed by atoms with Crippen LogP contribution in [0.25, 0.3) is 0 Å². The lowest BCUT2D eigenvalue weighted by molar-refractivity contribution is -0.124. The highest BCUT2D eigenvalue weighted by Crippen LogP contribution is 2.19. The van der Waals surface area contributed by atoms with Gasteiger partial charge in [-0.25, -0.2) is 4.39 Å². The fourth-order valence-corrected chi connectivity index (χ4v) is 2.77. The van der Waals surface area contributed by atoms with Crippen LogP contribution in [0.15, 0.2) is 18.2 Å². The number of carbonyl (C=O) groups is 2. The van der Waals surface area contributed by atoms with E-state index < -0.39 is 0 Å². The van der Waals surface area contributed by atoms with Crippen molar-refractivity contribution in [3.63, 3.8) is 0 Å². The summed E-state index contributed by atoms with van der Waals surface area (Å²) in [6, 6.07) is 4.61. The largest absolute Gasteiger partial charge is 0.356 e. The predicted molar refractivity (Wildman–Crippen MR) is 87.6 cm³/mol. The van der Waals surface area contributed by atoms with E-state index in [4.69, 9.17) is 0 Å². The Kier molecular flexibility index (Phi) is 5.74. The Balaban J connectivity index is 1.96. The van der Waals surface area contributed by atoms with Crippen LogP contribution in [0.1, 0.15) is 42.6 Å². The van der Waals surface area contributed by atoms with Gasteiger partial charge in [0.05, 0.1) is 0 Å². The fourth-order valence-electron chi connectivity index (χ4n) is 2.77. The van der Waals surface area contributed by atoms with E-state index in [0.29, 0.717) is 30.8 Å². The monoisotopic (exact) mass is 320 g/mol. The molecule has 1 fully saturated rings. The highest BCUT2D eigenvalue weighted by molar-refractivity contribution is 5.94. The molecule has 1 aliphatic heterocycles. The van der Waals surface area contributed by atoms with Gasteiger partial charge in [-0.3, -0.25) is 9.59 Å². The van der Waals surface area contributed by atoms with Gasteiger partial charge in [-0.1, -0.05) is 19.9 Å². The van der Waals surface area contributed by atoms with E-state index >= 15 is 0 Å². The van der Waals surface area contributed by atoms with Crippen LogP contribution in [0.4, 0.5) is 4.39 Å². The maximum Gasteiger partial charge on any atom is 0.253 e. The molecule has 4 nitrogen and oxygen atoms in total. The van der Waals surface area contributed by atoms with Crippen molar-refractivity contribution in [2.45, 2.75) is 33.6 Å². The molecule has 5 heteroatoms. The van der Waals surface area contributed by atoms with Crippen LogP contribution in [0.3, 0.4) is 0 Å². The standard InChI is InChI=1S/C18H25FN2O2/c1-12(2)17(22)20-10-14-5-4-8-21(11-14)18(23)15-7-6-13(3)16(19)9-15/h6-7,9,12,14H,4-5,8,10-11H2,1-3H3,(H,20,22)/t14-/m1/s1. The fraction of sp³-hybridized carbons (Fsp3) is 0.556. The summed E-state index contributed by atoms with van der Waals surface area (Å²) in [5, 5.41) is 2.93. The third-order valence-electron chi connectivity index (χ3n) is 4.31. The average molecular weight is 320 g/mol. The van der Waals surface area contributed by atoms with Crippen LogP contribution >= 0.6 is 0 Å². The van der Waals surface area contributed by atoms with Crippen LogP contribution < -0.4 is 5.32 Å². The predicted octanol–water partition coefficient (Wildman–Crippen LogP) is 2.76. The van der Waals surface area contributed by atoms with Crippen molar-refractivity contribution in [3.8, 4) is 0 Å². The van der Waals surface area contributed by atoms with E-state index in [1.807, 2.05) is 13.8 Å². The number of hydrogen-bond acceptors (Lipinski definition) is 2. The molecule has 0 unspecified atom stereocenters. The minimum Gasteiger partial charge on any atom is -0.356 e. The number of carbonyl (C=O) groups excluding carboxylic acids is 2. The highest BCUT2D eigenvalue weighted by Gasteiger charge is 2.25. The number of rotatable bonds is 4. The first-order valence-electron chi connectivity index (χ1n) is 8.21. The number of aryl methyl sites for hydroxylation is 1. The highest BCUT2D eigenvalue weighted by atomic mass is 19.1. The summed E-state index contributed by atoms with van der Waals surface area (Å²) in [7, 11) is 0. The Labute approximate surface area is 137 Å². The zero-order valence-electron chi connectivity index (χ0n) is 14.1. The quantitative estimate of drug-likeness (QED) is 0.927. The zero-order chi connectivity index (χ0) is 17.0. The number of halogens is 1.